The maximum Gasteiger partial charge on any atom is 0.414 e. The summed E-state index contributed by atoms with van der Waals surface area (Å²) in [6, 6.07) is 6.15. The lowest BCUT2D eigenvalue weighted by atomic mass is 10.1. The Morgan fingerprint density at radius 3 is 2.96 bits per heavy atom. The van der Waals surface area contributed by atoms with Crippen molar-refractivity contribution in [2.24, 2.45) is 0 Å². The molecule has 28 heavy (non-hydrogen) atoms. The molecule has 1 aromatic carbocycles. The van der Waals surface area contributed by atoms with E-state index in [9.17, 15) is 14.0 Å². The van der Waals surface area contributed by atoms with Crippen molar-refractivity contribution >= 4 is 28.9 Å². The monoisotopic (exact) mass is 386 g/mol. The number of fused-ring (bicyclic) bond motifs is 1. The number of aromatic amines is 1. The number of halogens is 1. The van der Waals surface area contributed by atoms with Crippen LogP contribution in [0.1, 0.15) is 14.4 Å². The molecule has 1 fully saturated rings. The van der Waals surface area contributed by atoms with Crippen molar-refractivity contribution in [2.75, 3.05) is 18.0 Å². The summed E-state index contributed by atoms with van der Waals surface area (Å²) in [7, 11) is 0. The first-order valence-corrected chi connectivity index (χ1v) is 8.20. The van der Waals surface area contributed by atoms with Crippen LogP contribution in [0.2, 0.25) is 0 Å². The SMILES string of the molecule is C.CC(=O)NC[C@H]1CN(c2ccc(-c3cnc4n[nH]nc4c3)c(F)c2)C(=O)O1. The van der Waals surface area contributed by atoms with Gasteiger partial charge in [0, 0.05) is 24.2 Å². The highest BCUT2D eigenvalue weighted by Crippen LogP contribution is 2.29. The summed E-state index contributed by atoms with van der Waals surface area (Å²) >= 11 is 0. The van der Waals surface area contributed by atoms with E-state index in [1.54, 1.807) is 18.2 Å². The normalized spacial score (nSPS) is 16.0. The van der Waals surface area contributed by atoms with E-state index < -0.39 is 18.0 Å². The van der Waals surface area contributed by atoms with Gasteiger partial charge in [-0.2, -0.15) is 10.3 Å². The summed E-state index contributed by atoms with van der Waals surface area (Å²) in [5.41, 5.74) is 2.23. The van der Waals surface area contributed by atoms with Crippen molar-refractivity contribution in [3.05, 3.63) is 36.3 Å². The molecule has 9 nitrogen and oxygen atoms in total. The summed E-state index contributed by atoms with van der Waals surface area (Å²) < 4.78 is 19.9. The number of carbonyl (C=O) groups excluding carboxylic acids is 2. The molecule has 0 spiro atoms. The highest BCUT2D eigenvalue weighted by Gasteiger charge is 2.32. The number of cyclic esters (lactones) is 1. The minimum atomic E-state index is -0.580. The van der Waals surface area contributed by atoms with E-state index in [4.69, 9.17) is 4.74 Å². The number of anilines is 1. The van der Waals surface area contributed by atoms with Crippen molar-refractivity contribution < 1.29 is 18.7 Å². The fourth-order valence-corrected chi connectivity index (χ4v) is 2.89. The van der Waals surface area contributed by atoms with Gasteiger partial charge in [-0.15, -0.1) is 5.10 Å². The van der Waals surface area contributed by atoms with Crippen LogP contribution >= 0.6 is 0 Å². The lowest BCUT2D eigenvalue weighted by molar-refractivity contribution is -0.119. The number of nitrogens with zero attached hydrogens (tertiary/aromatic N) is 4. The molecule has 146 valence electrons. The van der Waals surface area contributed by atoms with Crippen LogP contribution in [0.3, 0.4) is 0 Å². The summed E-state index contributed by atoms with van der Waals surface area (Å²) in [6.07, 6.45) is 0.447. The molecule has 0 aliphatic carbocycles. The Hall–Kier alpha value is -3.56. The quantitative estimate of drug-likeness (QED) is 0.711. The molecular weight excluding hydrogens is 367 g/mol. The van der Waals surface area contributed by atoms with Crippen molar-refractivity contribution in [1.82, 2.24) is 25.7 Å². The van der Waals surface area contributed by atoms with Crippen LogP contribution in [0.25, 0.3) is 22.3 Å². The zero-order valence-electron chi connectivity index (χ0n) is 14.3. The predicted octanol–water partition coefficient (Wildman–Crippen LogP) is 2.26. The van der Waals surface area contributed by atoms with Crippen molar-refractivity contribution in [1.29, 1.82) is 0 Å². The van der Waals surface area contributed by atoms with Crippen LogP contribution in [0.5, 0.6) is 0 Å². The number of amides is 2. The number of hydrogen-bond donors (Lipinski definition) is 2. The molecule has 3 heterocycles. The van der Waals surface area contributed by atoms with Crippen LogP contribution in [0.15, 0.2) is 30.5 Å². The second-order valence-corrected chi connectivity index (χ2v) is 6.11. The molecule has 1 aliphatic heterocycles. The van der Waals surface area contributed by atoms with E-state index >= 15 is 0 Å². The smallest absolute Gasteiger partial charge is 0.414 e. The Kier molecular flexibility index (Phi) is 5.21. The van der Waals surface area contributed by atoms with E-state index in [2.05, 4.69) is 25.7 Å². The molecule has 2 N–H and O–H groups in total. The molecule has 10 heteroatoms. The zero-order chi connectivity index (χ0) is 19.0. The second kappa shape index (κ2) is 7.59. The topological polar surface area (TPSA) is 113 Å². The Morgan fingerprint density at radius 2 is 2.21 bits per heavy atom. The third kappa shape index (κ3) is 3.61. The Bertz CT molecular complexity index is 1040. The van der Waals surface area contributed by atoms with E-state index in [1.165, 1.54) is 24.1 Å². The van der Waals surface area contributed by atoms with Gasteiger partial charge in [0.1, 0.15) is 17.4 Å². The average Bonchev–Trinajstić information content (AvgIpc) is 3.25. The largest absolute Gasteiger partial charge is 0.442 e. The van der Waals surface area contributed by atoms with Crippen molar-refractivity contribution in [2.45, 2.75) is 20.5 Å². The maximum absolute atomic E-state index is 14.7. The second-order valence-electron chi connectivity index (χ2n) is 6.11. The Balaban J connectivity index is 0.00000225. The van der Waals surface area contributed by atoms with Crippen LogP contribution in [-0.2, 0) is 9.53 Å². The fraction of sp³-hybridized carbons (Fsp3) is 0.278. The standard InChI is InChI=1S/C17H15FN6O3.CH4/c1-9(25)19-7-12-8-24(17(26)27-12)11-2-3-13(14(18)5-11)10-4-15-16(20-6-10)22-23-21-15;/h2-6,12H,7-8H2,1H3,(H,19,25)(H,20,21,22,23);1H4/t12-;/m0./s1. The molecule has 1 saturated heterocycles. The van der Waals surface area contributed by atoms with E-state index in [0.29, 0.717) is 28.0 Å². The number of H-pyrrole nitrogens is 1. The Labute approximate surface area is 159 Å². The zero-order valence-corrected chi connectivity index (χ0v) is 14.3. The summed E-state index contributed by atoms with van der Waals surface area (Å²) in [4.78, 5) is 28.5. The first-order chi connectivity index (χ1) is 13.0. The van der Waals surface area contributed by atoms with Gasteiger partial charge in [0.05, 0.1) is 18.8 Å². The van der Waals surface area contributed by atoms with Crippen LogP contribution < -0.4 is 10.2 Å². The molecule has 3 aromatic rings. The third-order valence-electron chi connectivity index (χ3n) is 4.20. The number of rotatable bonds is 4. The van der Waals surface area contributed by atoms with E-state index in [0.717, 1.165) is 0 Å². The predicted molar refractivity (Wildman–Crippen MR) is 100 cm³/mol. The number of hydrogen-bond acceptors (Lipinski definition) is 6. The average molecular weight is 386 g/mol. The molecule has 0 bridgehead atoms. The number of carbonyl (C=O) groups is 2. The van der Waals surface area contributed by atoms with Gasteiger partial charge in [0.15, 0.2) is 0 Å². The molecule has 0 saturated carbocycles. The molecule has 4 rings (SSSR count). The lowest BCUT2D eigenvalue weighted by Gasteiger charge is -2.14. The number of ether oxygens (including phenoxy) is 1. The summed E-state index contributed by atoms with van der Waals surface area (Å²) in [5.74, 6) is -0.715. The van der Waals surface area contributed by atoms with Gasteiger partial charge in [-0.3, -0.25) is 9.69 Å². The highest BCUT2D eigenvalue weighted by atomic mass is 19.1. The molecule has 1 atom stereocenters. The molecule has 1 aliphatic rings. The van der Waals surface area contributed by atoms with E-state index in [1.807, 2.05) is 0 Å². The number of nitrogens with one attached hydrogen (secondary N) is 2. The first-order valence-electron chi connectivity index (χ1n) is 8.20. The number of aromatic nitrogens is 4. The van der Waals surface area contributed by atoms with Crippen molar-refractivity contribution in [3.63, 3.8) is 0 Å². The number of pyridine rings is 1. The minimum absolute atomic E-state index is 0. The van der Waals surface area contributed by atoms with Gasteiger partial charge in [-0.05, 0) is 24.3 Å². The highest BCUT2D eigenvalue weighted by molar-refractivity contribution is 5.90. The van der Waals surface area contributed by atoms with Gasteiger partial charge in [-0.1, -0.05) is 7.43 Å². The van der Waals surface area contributed by atoms with Crippen LogP contribution in [-0.4, -0.2) is 51.6 Å². The first kappa shape index (κ1) is 19.2. The summed E-state index contributed by atoms with van der Waals surface area (Å²) in [5, 5.41) is 12.9. The third-order valence-corrected chi connectivity index (χ3v) is 4.20. The minimum Gasteiger partial charge on any atom is -0.442 e. The van der Waals surface area contributed by atoms with Gasteiger partial charge < -0.3 is 10.1 Å². The van der Waals surface area contributed by atoms with Gasteiger partial charge in [-0.25, -0.2) is 14.2 Å². The maximum atomic E-state index is 14.7. The molecule has 0 radical (unpaired) electrons. The van der Waals surface area contributed by atoms with Gasteiger partial charge in [0.25, 0.3) is 0 Å². The lowest BCUT2D eigenvalue weighted by Crippen LogP contribution is -2.33. The summed E-state index contributed by atoms with van der Waals surface area (Å²) in [6.45, 7) is 1.82. The van der Waals surface area contributed by atoms with Gasteiger partial charge >= 0.3 is 6.09 Å². The number of benzene rings is 1. The van der Waals surface area contributed by atoms with Crippen LogP contribution in [0, 0.1) is 5.82 Å². The fourth-order valence-electron chi connectivity index (χ4n) is 2.89. The molecule has 2 amide bonds. The molecular formula is C18H19FN6O3. The van der Waals surface area contributed by atoms with Gasteiger partial charge in [0.2, 0.25) is 11.6 Å². The molecule has 2 aromatic heterocycles. The Morgan fingerprint density at radius 1 is 1.39 bits per heavy atom. The van der Waals surface area contributed by atoms with E-state index in [-0.39, 0.29) is 26.4 Å². The molecule has 0 unspecified atom stereocenters. The van der Waals surface area contributed by atoms with Crippen molar-refractivity contribution in [3.8, 4) is 11.1 Å². The van der Waals surface area contributed by atoms with Crippen LogP contribution in [0.4, 0.5) is 14.9 Å².